The fourth-order valence-electron chi connectivity index (χ4n) is 2.42. The molecule has 0 amide bonds. The maximum absolute atomic E-state index is 2.56. The van der Waals surface area contributed by atoms with Crippen molar-refractivity contribution in [1.29, 1.82) is 0 Å². The van der Waals surface area contributed by atoms with E-state index >= 15 is 0 Å². The summed E-state index contributed by atoms with van der Waals surface area (Å²) in [6.45, 7) is 7.57. The molecule has 1 heterocycles. The molecule has 11 heavy (non-hydrogen) atoms. The van der Waals surface area contributed by atoms with E-state index in [-0.39, 0.29) is 0 Å². The monoisotopic (exact) mass is 170 g/mol. The van der Waals surface area contributed by atoms with Gasteiger partial charge in [0, 0.05) is 8.07 Å². The minimum absolute atomic E-state index is 0.736. The van der Waals surface area contributed by atoms with Crippen molar-refractivity contribution in [3.8, 4) is 0 Å². The van der Waals surface area contributed by atoms with Crippen molar-refractivity contribution in [2.45, 2.75) is 57.8 Å². The second-order valence-corrected chi connectivity index (χ2v) is 10.3. The van der Waals surface area contributed by atoms with Crippen LogP contribution in [0, 0.1) is 5.92 Å². The van der Waals surface area contributed by atoms with Crippen molar-refractivity contribution in [3.63, 3.8) is 0 Å². The third-order valence-electron chi connectivity index (χ3n) is 2.95. The fraction of sp³-hybridized carbons (Fsp3) is 1.00. The van der Waals surface area contributed by atoms with Crippen molar-refractivity contribution < 1.29 is 0 Å². The quantitative estimate of drug-likeness (QED) is 0.484. The SMILES string of the molecule is C[C@H]1CCCCC[Si](C)(C)C1. The number of rotatable bonds is 0. The minimum Gasteiger partial charge on any atom is -0.0693 e. The average Bonchev–Trinajstić information content (AvgIpc) is 1.82. The summed E-state index contributed by atoms with van der Waals surface area (Å²) in [5, 5.41) is 0. The van der Waals surface area contributed by atoms with Gasteiger partial charge in [-0.2, -0.15) is 0 Å². The Bertz CT molecular complexity index is 118. The predicted molar refractivity (Wildman–Crippen MR) is 54.7 cm³/mol. The summed E-state index contributed by atoms with van der Waals surface area (Å²) >= 11 is 0. The molecule has 1 atom stereocenters. The van der Waals surface area contributed by atoms with E-state index in [1.807, 2.05) is 0 Å². The Labute approximate surface area is 72.4 Å². The molecule has 0 aliphatic carbocycles. The summed E-state index contributed by atoms with van der Waals surface area (Å²) in [5.41, 5.74) is 0. The van der Waals surface area contributed by atoms with E-state index in [1.165, 1.54) is 25.7 Å². The molecule has 66 valence electrons. The van der Waals surface area contributed by atoms with Crippen molar-refractivity contribution in [2.24, 2.45) is 5.92 Å². The van der Waals surface area contributed by atoms with Crippen LogP contribution in [-0.2, 0) is 0 Å². The van der Waals surface area contributed by atoms with Crippen LogP contribution >= 0.6 is 0 Å². The molecule has 1 aliphatic heterocycles. The third-order valence-corrected chi connectivity index (χ3v) is 6.46. The van der Waals surface area contributed by atoms with Crippen LogP contribution in [0.4, 0.5) is 0 Å². The normalized spacial score (nSPS) is 32.5. The van der Waals surface area contributed by atoms with Gasteiger partial charge in [-0.15, -0.1) is 0 Å². The van der Waals surface area contributed by atoms with Crippen LogP contribution in [-0.4, -0.2) is 8.07 Å². The van der Waals surface area contributed by atoms with Gasteiger partial charge in [-0.1, -0.05) is 57.8 Å². The van der Waals surface area contributed by atoms with Crippen molar-refractivity contribution in [2.75, 3.05) is 0 Å². The Hall–Kier alpha value is 0.217. The molecule has 0 unspecified atom stereocenters. The van der Waals surface area contributed by atoms with Gasteiger partial charge in [0.15, 0.2) is 0 Å². The van der Waals surface area contributed by atoms with Gasteiger partial charge in [0.05, 0.1) is 0 Å². The summed E-state index contributed by atoms with van der Waals surface area (Å²) in [7, 11) is -0.736. The molecule has 1 heteroatoms. The zero-order valence-corrected chi connectivity index (χ0v) is 9.32. The molecular formula is C10H22Si. The van der Waals surface area contributed by atoms with Crippen LogP contribution in [0.3, 0.4) is 0 Å². The molecular weight excluding hydrogens is 148 g/mol. The largest absolute Gasteiger partial charge is 0.0693 e. The van der Waals surface area contributed by atoms with Crippen LogP contribution in [0.5, 0.6) is 0 Å². The number of hydrogen-bond acceptors (Lipinski definition) is 0. The van der Waals surface area contributed by atoms with Crippen LogP contribution in [0.2, 0.25) is 25.2 Å². The Morgan fingerprint density at radius 2 is 1.82 bits per heavy atom. The minimum atomic E-state index is -0.736. The van der Waals surface area contributed by atoms with Crippen LogP contribution in [0.25, 0.3) is 0 Å². The summed E-state index contributed by atoms with van der Waals surface area (Å²) in [4.78, 5) is 0. The van der Waals surface area contributed by atoms with E-state index in [1.54, 1.807) is 12.1 Å². The van der Waals surface area contributed by atoms with E-state index in [0.29, 0.717) is 0 Å². The highest BCUT2D eigenvalue weighted by Gasteiger charge is 2.24. The molecule has 1 aliphatic rings. The lowest BCUT2D eigenvalue weighted by molar-refractivity contribution is 0.513. The molecule has 0 aromatic rings. The molecule has 0 N–H and O–H groups in total. The molecule has 0 aromatic carbocycles. The first kappa shape index (κ1) is 9.31. The molecule has 1 rings (SSSR count). The summed E-state index contributed by atoms with van der Waals surface area (Å²) < 4.78 is 0. The maximum Gasteiger partial charge on any atom is 0.0476 e. The maximum atomic E-state index is 2.56. The lowest BCUT2D eigenvalue weighted by Crippen LogP contribution is -2.28. The lowest BCUT2D eigenvalue weighted by atomic mass is 10.1. The zero-order chi connectivity index (χ0) is 8.32. The first-order valence-electron chi connectivity index (χ1n) is 5.10. The number of hydrogen-bond donors (Lipinski definition) is 0. The van der Waals surface area contributed by atoms with Gasteiger partial charge < -0.3 is 0 Å². The third kappa shape index (κ3) is 3.41. The molecule has 0 nitrogen and oxygen atoms in total. The Balaban J connectivity index is 2.42. The molecule has 0 aromatic heterocycles. The average molecular weight is 170 g/mol. The molecule has 1 fully saturated rings. The lowest BCUT2D eigenvalue weighted by Gasteiger charge is -2.28. The van der Waals surface area contributed by atoms with E-state index in [9.17, 15) is 0 Å². The van der Waals surface area contributed by atoms with E-state index in [2.05, 4.69) is 20.0 Å². The van der Waals surface area contributed by atoms with Crippen LogP contribution in [0.1, 0.15) is 32.6 Å². The van der Waals surface area contributed by atoms with Gasteiger partial charge in [-0.05, 0) is 5.92 Å². The van der Waals surface area contributed by atoms with Gasteiger partial charge in [0.1, 0.15) is 0 Å². The second kappa shape index (κ2) is 3.75. The van der Waals surface area contributed by atoms with Gasteiger partial charge in [-0.3, -0.25) is 0 Å². The molecule has 0 radical (unpaired) electrons. The Morgan fingerprint density at radius 3 is 2.55 bits per heavy atom. The summed E-state index contributed by atoms with van der Waals surface area (Å²) in [5.74, 6) is 1.02. The fourth-order valence-corrected chi connectivity index (χ4v) is 5.92. The van der Waals surface area contributed by atoms with E-state index in [0.717, 1.165) is 5.92 Å². The Morgan fingerprint density at radius 1 is 1.09 bits per heavy atom. The van der Waals surface area contributed by atoms with Crippen molar-refractivity contribution in [1.82, 2.24) is 0 Å². The van der Waals surface area contributed by atoms with Gasteiger partial charge in [0.2, 0.25) is 0 Å². The second-order valence-electron chi connectivity index (χ2n) is 5.07. The summed E-state index contributed by atoms with van der Waals surface area (Å²) in [6, 6.07) is 3.16. The van der Waals surface area contributed by atoms with Crippen molar-refractivity contribution in [3.05, 3.63) is 0 Å². The van der Waals surface area contributed by atoms with Gasteiger partial charge >= 0.3 is 0 Å². The highest BCUT2D eigenvalue weighted by molar-refractivity contribution is 6.77. The first-order valence-corrected chi connectivity index (χ1v) is 8.52. The van der Waals surface area contributed by atoms with Crippen LogP contribution in [0.15, 0.2) is 0 Å². The highest BCUT2D eigenvalue weighted by Crippen LogP contribution is 2.29. The molecule has 1 saturated heterocycles. The zero-order valence-electron chi connectivity index (χ0n) is 8.32. The van der Waals surface area contributed by atoms with Gasteiger partial charge in [0.25, 0.3) is 0 Å². The first-order chi connectivity index (χ1) is 5.10. The van der Waals surface area contributed by atoms with E-state index in [4.69, 9.17) is 0 Å². The van der Waals surface area contributed by atoms with Crippen LogP contribution < -0.4 is 0 Å². The smallest absolute Gasteiger partial charge is 0.0476 e. The van der Waals surface area contributed by atoms with Crippen molar-refractivity contribution >= 4 is 8.07 Å². The standard InChI is InChI=1S/C10H22Si/c1-10-7-5-4-6-8-11(2,3)9-10/h10H,4-9H2,1-3H3/t10-/m0/s1. The molecule has 0 saturated carbocycles. The molecule has 0 spiro atoms. The highest BCUT2D eigenvalue weighted by atomic mass is 28.3. The summed E-state index contributed by atoms with van der Waals surface area (Å²) in [6.07, 6.45) is 6.01. The topological polar surface area (TPSA) is 0 Å². The van der Waals surface area contributed by atoms with E-state index < -0.39 is 8.07 Å². The van der Waals surface area contributed by atoms with Gasteiger partial charge in [-0.25, -0.2) is 0 Å². The predicted octanol–water partition coefficient (Wildman–Crippen LogP) is 3.90. The Kier molecular flexibility index (Phi) is 3.17. The molecule has 0 bridgehead atoms.